The molecule has 0 aliphatic rings. The molecule has 0 unspecified atom stereocenters. The van der Waals surface area contributed by atoms with Gasteiger partial charge in [0.15, 0.2) is 28.3 Å². The van der Waals surface area contributed by atoms with Crippen molar-refractivity contribution in [2.75, 3.05) is 11.8 Å². The maximum absolute atomic E-state index is 13.0. The van der Waals surface area contributed by atoms with Crippen molar-refractivity contribution in [3.8, 4) is 28.6 Å². The second-order valence-electron chi connectivity index (χ2n) is 6.50. The Morgan fingerprint density at radius 2 is 1.85 bits per heavy atom. The van der Waals surface area contributed by atoms with Gasteiger partial charge in [-0.25, -0.2) is 18.4 Å². The van der Waals surface area contributed by atoms with Gasteiger partial charge >= 0.3 is 0 Å². The molecule has 33 heavy (non-hydrogen) atoms. The highest BCUT2D eigenvalue weighted by molar-refractivity contribution is 7.92. The molecule has 0 radical (unpaired) electrons. The van der Waals surface area contributed by atoms with Gasteiger partial charge in [-0.3, -0.25) is 14.5 Å². The molecule has 12 heteroatoms. The standard InChI is InChI=1S/C21H16ClN5O5S/c1-31-15-6-2-3-7-16(15)32-18-19(22)25-20(13-8-10-24-17(28)11-13)26-21(18)27-33(29,30)14-5-4-9-23-12-14/h2-12H,1H3,(H,24,28)(H,25,26,27). The molecule has 168 valence electrons. The number of H-pyrrole nitrogens is 1. The molecule has 0 amide bonds. The highest BCUT2D eigenvalue weighted by Gasteiger charge is 2.23. The van der Waals surface area contributed by atoms with E-state index in [4.69, 9.17) is 21.1 Å². The third kappa shape index (κ3) is 4.94. The lowest BCUT2D eigenvalue weighted by Gasteiger charge is -2.16. The monoisotopic (exact) mass is 485 g/mol. The van der Waals surface area contributed by atoms with E-state index in [1.165, 1.54) is 43.9 Å². The van der Waals surface area contributed by atoms with Crippen LogP contribution in [0.3, 0.4) is 0 Å². The summed E-state index contributed by atoms with van der Waals surface area (Å²) in [6.07, 6.45) is 4.04. The van der Waals surface area contributed by atoms with E-state index >= 15 is 0 Å². The highest BCUT2D eigenvalue weighted by Crippen LogP contribution is 2.39. The third-order valence-corrected chi connectivity index (χ3v) is 5.89. The number of anilines is 1. The van der Waals surface area contributed by atoms with E-state index in [1.54, 1.807) is 30.3 Å². The van der Waals surface area contributed by atoms with Gasteiger partial charge in [0.2, 0.25) is 11.3 Å². The number of nitrogens with one attached hydrogen (secondary N) is 2. The van der Waals surface area contributed by atoms with Crippen molar-refractivity contribution in [3.05, 3.63) is 82.6 Å². The van der Waals surface area contributed by atoms with E-state index in [0.717, 1.165) is 0 Å². The number of methoxy groups -OCH3 is 1. The van der Waals surface area contributed by atoms with Gasteiger partial charge in [-0.05, 0) is 30.3 Å². The summed E-state index contributed by atoms with van der Waals surface area (Å²) >= 11 is 6.39. The zero-order valence-electron chi connectivity index (χ0n) is 17.0. The topological polar surface area (TPSA) is 136 Å². The second kappa shape index (κ2) is 9.27. The number of hydrogen-bond acceptors (Lipinski definition) is 8. The Labute approximate surface area is 193 Å². The van der Waals surface area contributed by atoms with Crippen LogP contribution >= 0.6 is 11.6 Å². The molecule has 3 aromatic heterocycles. The summed E-state index contributed by atoms with van der Waals surface area (Å²) < 4.78 is 39.4. The van der Waals surface area contributed by atoms with E-state index in [1.807, 2.05) is 0 Å². The summed E-state index contributed by atoms with van der Waals surface area (Å²) in [7, 11) is -2.65. The van der Waals surface area contributed by atoms with Crippen molar-refractivity contribution in [2.24, 2.45) is 0 Å². The average molecular weight is 486 g/mol. The van der Waals surface area contributed by atoms with Crippen molar-refractivity contribution >= 4 is 27.4 Å². The molecule has 0 aliphatic heterocycles. The van der Waals surface area contributed by atoms with E-state index in [0.29, 0.717) is 11.3 Å². The first kappa shape index (κ1) is 22.2. The molecule has 3 heterocycles. The minimum absolute atomic E-state index is 0.0161. The van der Waals surface area contributed by atoms with Gasteiger partial charge in [0, 0.05) is 30.2 Å². The first-order valence-corrected chi connectivity index (χ1v) is 11.2. The number of nitrogens with zero attached hydrogens (tertiary/aromatic N) is 3. The van der Waals surface area contributed by atoms with Gasteiger partial charge in [0.1, 0.15) is 4.90 Å². The van der Waals surface area contributed by atoms with E-state index in [9.17, 15) is 13.2 Å². The molecule has 4 aromatic rings. The first-order valence-electron chi connectivity index (χ1n) is 9.38. The summed E-state index contributed by atoms with van der Waals surface area (Å²) in [6, 6.07) is 12.4. The third-order valence-electron chi connectivity index (χ3n) is 4.31. The molecule has 0 saturated heterocycles. The lowest BCUT2D eigenvalue weighted by molar-refractivity contribution is 0.378. The fourth-order valence-corrected chi connectivity index (χ4v) is 3.98. The van der Waals surface area contributed by atoms with Crippen LogP contribution in [0.15, 0.2) is 76.8 Å². The quantitative estimate of drug-likeness (QED) is 0.380. The van der Waals surface area contributed by atoms with Crippen LogP contribution in [-0.4, -0.2) is 35.5 Å². The summed E-state index contributed by atoms with van der Waals surface area (Å²) in [4.78, 5) is 26.4. The number of ether oxygens (including phenoxy) is 2. The van der Waals surface area contributed by atoms with Gasteiger partial charge in [-0.2, -0.15) is 0 Å². The summed E-state index contributed by atoms with van der Waals surface area (Å²) in [5, 5.41) is -0.185. The Kier molecular flexibility index (Phi) is 6.24. The molecular formula is C21H16ClN5O5S. The van der Waals surface area contributed by atoms with Crippen LogP contribution in [-0.2, 0) is 10.0 Å². The highest BCUT2D eigenvalue weighted by atomic mass is 35.5. The van der Waals surface area contributed by atoms with Crippen LogP contribution in [0.25, 0.3) is 11.4 Å². The van der Waals surface area contributed by atoms with Crippen LogP contribution in [0, 0.1) is 0 Å². The summed E-state index contributed by atoms with van der Waals surface area (Å²) in [6.45, 7) is 0. The van der Waals surface area contributed by atoms with E-state index < -0.39 is 10.0 Å². The first-order chi connectivity index (χ1) is 15.9. The Balaban J connectivity index is 1.85. The summed E-state index contributed by atoms with van der Waals surface area (Å²) in [5.41, 5.74) is -0.0645. The maximum atomic E-state index is 13.0. The van der Waals surface area contributed by atoms with E-state index in [-0.39, 0.29) is 38.7 Å². The fourth-order valence-electron chi connectivity index (χ4n) is 2.80. The zero-order chi connectivity index (χ0) is 23.4. The molecule has 10 nitrogen and oxygen atoms in total. The fraction of sp³-hybridized carbons (Fsp3) is 0.0476. The van der Waals surface area contributed by atoms with Crippen LogP contribution in [0.2, 0.25) is 5.15 Å². The largest absolute Gasteiger partial charge is 0.493 e. The van der Waals surface area contributed by atoms with Crippen LogP contribution in [0.1, 0.15) is 0 Å². The average Bonchev–Trinajstić information content (AvgIpc) is 2.81. The predicted molar refractivity (Wildman–Crippen MR) is 121 cm³/mol. The van der Waals surface area contributed by atoms with Crippen LogP contribution < -0.4 is 19.8 Å². The Morgan fingerprint density at radius 3 is 2.55 bits per heavy atom. The van der Waals surface area contributed by atoms with Gasteiger partial charge in [-0.15, -0.1) is 0 Å². The van der Waals surface area contributed by atoms with Crippen molar-refractivity contribution in [1.29, 1.82) is 0 Å². The molecule has 0 fully saturated rings. The van der Waals surface area contributed by atoms with Crippen molar-refractivity contribution in [1.82, 2.24) is 19.9 Å². The predicted octanol–water partition coefficient (Wildman–Crippen LogP) is 3.48. The number of sulfonamides is 1. The van der Waals surface area contributed by atoms with Gasteiger partial charge in [0.05, 0.1) is 7.11 Å². The number of benzene rings is 1. The van der Waals surface area contributed by atoms with Crippen molar-refractivity contribution < 1.29 is 17.9 Å². The van der Waals surface area contributed by atoms with Crippen molar-refractivity contribution in [3.63, 3.8) is 0 Å². The van der Waals surface area contributed by atoms with E-state index in [2.05, 4.69) is 24.7 Å². The number of halogens is 1. The van der Waals surface area contributed by atoms with Crippen LogP contribution in [0.5, 0.6) is 17.2 Å². The molecule has 4 rings (SSSR count). The molecule has 0 atom stereocenters. The Morgan fingerprint density at radius 1 is 1.06 bits per heavy atom. The smallest absolute Gasteiger partial charge is 0.264 e. The molecular weight excluding hydrogens is 470 g/mol. The molecule has 1 aromatic carbocycles. The minimum atomic E-state index is -4.11. The normalized spacial score (nSPS) is 11.1. The lowest BCUT2D eigenvalue weighted by atomic mass is 10.2. The molecule has 2 N–H and O–H groups in total. The number of rotatable bonds is 7. The summed E-state index contributed by atoms with van der Waals surface area (Å²) in [5.74, 6) is 0.272. The zero-order valence-corrected chi connectivity index (χ0v) is 18.6. The number of hydrogen-bond donors (Lipinski definition) is 2. The molecule has 0 aliphatic carbocycles. The van der Waals surface area contributed by atoms with Gasteiger partial charge < -0.3 is 14.5 Å². The van der Waals surface area contributed by atoms with Gasteiger partial charge in [-0.1, -0.05) is 23.7 Å². The second-order valence-corrected chi connectivity index (χ2v) is 8.54. The Hall–Kier alpha value is -3.96. The SMILES string of the molecule is COc1ccccc1Oc1c(Cl)nc(-c2cc[nH]c(=O)c2)nc1NS(=O)(=O)c1cccnc1. The molecule has 0 bridgehead atoms. The molecule has 0 spiro atoms. The lowest BCUT2D eigenvalue weighted by Crippen LogP contribution is -2.16. The van der Waals surface area contributed by atoms with Crippen molar-refractivity contribution in [2.45, 2.75) is 4.90 Å². The minimum Gasteiger partial charge on any atom is -0.493 e. The Bertz CT molecular complexity index is 1460. The number of para-hydroxylation sites is 2. The maximum Gasteiger partial charge on any atom is 0.264 e. The van der Waals surface area contributed by atoms with Crippen LogP contribution in [0.4, 0.5) is 5.82 Å². The van der Waals surface area contributed by atoms with Gasteiger partial charge in [0.25, 0.3) is 10.0 Å². The number of aromatic amines is 1. The number of pyridine rings is 2. The number of aromatic nitrogens is 4. The molecule has 0 saturated carbocycles.